The van der Waals surface area contributed by atoms with Crippen LogP contribution in [0.2, 0.25) is 0 Å². The molecule has 0 unspecified atom stereocenters. The molecule has 1 aromatic carbocycles. The van der Waals surface area contributed by atoms with Crippen molar-refractivity contribution in [2.45, 2.75) is 37.6 Å². The molecule has 1 atom stereocenters. The van der Waals surface area contributed by atoms with Gasteiger partial charge in [0.1, 0.15) is 0 Å². The average molecular weight is 297 g/mol. The van der Waals surface area contributed by atoms with Crippen molar-refractivity contribution in [3.8, 4) is 11.5 Å². The van der Waals surface area contributed by atoms with E-state index in [2.05, 4.69) is 12.2 Å². The second-order valence-electron chi connectivity index (χ2n) is 4.56. The van der Waals surface area contributed by atoms with Crippen LogP contribution >= 0.6 is 11.8 Å². The Labute approximate surface area is 125 Å². The van der Waals surface area contributed by atoms with Crippen molar-refractivity contribution in [1.29, 1.82) is 0 Å². The maximum absolute atomic E-state index is 11.8. The van der Waals surface area contributed by atoms with Crippen LogP contribution in [-0.4, -0.2) is 31.9 Å². The van der Waals surface area contributed by atoms with Crippen LogP contribution in [-0.2, 0) is 4.79 Å². The fraction of sp³-hybridized carbons (Fsp3) is 0.533. The van der Waals surface area contributed by atoms with Gasteiger partial charge in [0, 0.05) is 10.9 Å². The van der Waals surface area contributed by atoms with E-state index in [1.165, 1.54) is 11.8 Å². The number of hydrogen-bond donors (Lipinski definition) is 1. The molecule has 0 radical (unpaired) electrons. The number of carbonyl (C=O) groups excluding carboxylic acids is 1. The van der Waals surface area contributed by atoms with Crippen LogP contribution in [0.1, 0.15) is 26.7 Å². The Bertz CT molecular complexity index is 437. The van der Waals surface area contributed by atoms with Gasteiger partial charge in [0.15, 0.2) is 11.5 Å². The number of carbonyl (C=O) groups is 1. The minimum Gasteiger partial charge on any atom is -0.493 e. The van der Waals surface area contributed by atoms with E-state index >= 15 is 0 Å². The zero-order valence-electron chi connectivity index (χ0n) is 12.6. The lowest BCUT2D eigenvalue weighted by molar-refractivity contribution is -0.119. The fourth-order valence-corrected chi connectivity index (χ4v) is 2.61. The second-order valence-corrected chi connectivity index (χ2v) is 5.61. The summed E-state index contributed by atoms with van der Waals surface area (Å²) in [5.41, 5.74) is 0. The van der Waals surface area contributed by atoms with Crippen molar-refractivity contribution in [2.75, 3.05) is 20.0 Å². The first-order chi connectivity index (χ1) is 9.60. The molecule has 4 nitrogen and oxygen atoms in total. The van der Waals surface area contributed by atoms with Crippen molar-refractivity contribution >= 4 is 17.7 Å². The largest absolute Gasteiger partial charge is 0.493 e. The molecule has 20 heavy (non-hydrogen) atoms. The Hall–Kier alpha value is -1.36. The number of ether oxygens (including phenoxy) is 2. The molecule has 1 amide bonds. The lowest BCUT2D eigenvalue weighted by Gasteiger charge is -2.13. The van der Waals surface area contributed by atoms with Gasteiger partial charge in [-0.3, -0.25) is 4.79 Å². The van der Waals surface area contributed by atoms with Crippen LogP contribution < -0.4 is 14.8 Å². The highest BCUT2D eigenvalue weighted by Gasteiger charge is 2.09. The molecule has 0 aliphatic carbocycles. The smallest absolute Gasteiger partial charge is 0.230 e. The van der Waals surface area contributed by atoms with E-state index in [0.717, 1.165) is 17.7 Å². The Morgan fingerprint density at radius 1 is 1.30 bits per heavy atom. The lowest BCUT2D eigenvalue weighted by atomic mass is 10.2. The molecule has 0 aromatic heterocycles. The van der Waals surface area contributed by atoms with Crippen molar-refractivity contribution in [2.24, 2.45) is 0 Å². The molecule has 0 aliphatic heterocycles. The molecule has 5 heteroatoms. The highest BCUT2D eigenvalue weighted by atomic mass is 32.2. The minimum absolute atomic E-state index is 0.0609. The third kappa shape index (κ3) is 5.33. The van der Waals surface area contributed by atoms with Crippen LogP contribution in [0, 0.1) is 0 Å². The van der Waals surface area contributed by atoms with E-state index in [1.807, 2.05) is 25.1 Å². The predicted octanol–water partition coefficient (Wildman–Crippen LogP) is 3.10. The first kappa shape index (κ1) is 16.7. The molecule has 1 N–H and O–H groups in total. The molecular formula is C15H23NO3S. The van der Waals surface area contributed by atoms with Crippen LogP contribution in [0.4, 0.5) is 0 Å². The minimum atomic E-state index is 0.0609. The number of amides is 1. The Balaban J connectivity index is 2.51. The number of benzene rings is 1. The topological polar surface area (TPSA) is 47.6 Å². The van der Waals surface area contributed by atoms with Crippen molar-refractivity contribution in [3.63, 3.8) is 0 Å². The van der Waals surface area contributed by atoms with Gasteiger partial charge in [-0.05, 0) is 31.5 Å². The van der Waals surface area contributed by atoms with Gasteiger partial charge in [0.05, 0.1) is 20.0 Å². The quantitative estimate of drug-likeness (QED) is 0.749. The van der Waals surface area contributed by atoms with Gasteiger partial charge in [-0.15, -0.1) is 11.8 Å². The maximum atomic E-state index is 11.8. The lowest BCUT2D eigenvalue weighted by Crippen LogP contribution is -2.33. The van der Waals surface area contributed by atoms with Gasteiger partial charge in [0.25, 0.3) is 0 Å². The molecule has 112 valence electrons. The molecule has 0 saturated heterocycles. The summed E-state index contributed by atoms with van der Waals surface area (Å²) in [4.78, 5) is 12.8. The Morgan fingerprint density at radius 2 is 2.00 bits per heavy atom. The molecule has 0 aliphatic rings. The SMILES string of the molecule is CCC[C@@H](C)NC(=O)CSc1ccc(OC)c(OC)c1. The third-order valence-corrected chi connectivity index (χ3v) is 3.85. The van der Waals surface area contributed by atoms with E-state index < -0.39 is 0 Å². The summed E-state index contributed by atoms with van der Waals surface area (Å²) in [6.45, 7) is 4.14. The van der Waals surface area contributed by atoms with Crippen LogP contribution in [0.25, 0.3) is 0 Å². The van der Waals surface area contributed by atoms with Gasteiger partial charge < -0.3 is 14.8 Å². The maximum Gasteiger partial charge on any atom is 0.230 e. The van der Waals surface area contributed by atoms with Gasteiger partial charge in [0.2, 0.25) is 5.91 Å². The Kier molecular flexibility index (Phi) is 7.30. The molecule has 0 saturated carbocycles. The van der Waals surface area contributed by atoms with Gasteiger partial charge >= 0.3 is 0 Å². The van der Waals surface area contributed by atoms with E-state index in [-0.39, 0.29) is 11.9 Å². The van der Waals surface area contributed by atoms with E-state index in [1.54, 1.807) is 14.2 Å². The van der Waals surface area contributed by atoms with Gasteiger partial charge in [-0.25, -0.2) is 0 Å². The van der Waals surface area contributed by atoms with Crippen LogP contribution in [0.15, 0.2) is 23.1 Å². The molecule has 0 bridgehead atoms. The van der Waals surface area contributed by atoms with Crippen molar-refractivity contribution in [1.82, 2.24) is 5.32 Å². The number of hydrogen-bond acceptors (Lipinski definition) is 4. The summed E-state index contributed by atoms with van der Waals surface area (Å²) in [6, 6.07) is 5.89. The average Bonchev–Trinajstić information content (AvgIpc) is 2.44. The van der Waals surface area contributed by atoms with Crippen LogP contribution in [0.5, 0.6) is 11.5 Å². The summed E-state index contributed by atoms with van der Waals surface area (Å²) >= 11 is 1.49. The molecular weight excluding hydrogens is 274 g/mol. The summed E-state index contributed by atoms with van der Waals surface area (Å²) in [5, 5.41) is 2.99. The molecule has 1 aromatic rings. The third-order valence-electron chi connectivity index (χ3n) is 2.85. The predicted molar refractivity (Wildman–Crippen MR) is 82.8 cm³/mol. The number of rotatable bonds is 8. The highest BCUT2D eigenvalue weighted by molar-refractivity contribution is 8.00. The Morgan fingerprint density at radius 3 is 2.60 bits per heavy atom. The number of methoxy groups -OCH3 is 2. The number of nitrogens with one attached hydrogen (secondary N) is 1. The van der Waals surface area contributed by atoms with Gasteiger partial charge in [-0.2, -0.15) is 0 Å². The summed E-state index contributed by atoms with van der Waals surface area (Å²) in [7, 11) is 3.21. The van der Waals surface area contributed by atoms with Gasteiger partial charge in [-0.1, -0.05) is 13.3 Å². The fourth-order valence-electron chi connectivity index (χ4n) is 1.88. The monoisotopic (exact) mass is 297 g/mol. The zero-order chi connectivity index (χ0) is 15.0. The normalized spacial score (nSPS) is 11.8. The first-order valence-electron chi connectivity index (χ1n) is 6.74. The van der Waals surface area contributed by atoms with Crippen molar-refractivity contribution in [3.05, 3.63) is 18.2 Å². The summed E-state index contributed by atoms with van der Waals surface area (Å²) < 4.78 is 10.4. The van der Waals surface area contributed by atoms with E-state index in [0.29, 0.717) is 17.3 Å². The van der Waals surface area contributed by atoms with E-state index in [9.17, 15) is 4.79 Å². The second kappa shape index (κ2) is 8.74. The molecule has 0 spiro atoms. The van der Waals surface area contributed by atoms with E-state index in [4.69, 9.17) is 9.47 Å². The molecule has 1 rings (SSSR count). The first-order valence-corrected chi connectivity index (χ1v) is 7.73. The standard InChI is InChI=1S/C15H23NO3S/c1-5-6-11(2)16-15(17)10-20-12-7-8-13(18-3)14(9-12)19-4/h7-9,11H,5-6,10H2,1-4H3,(H,16,17)/t11-/m1/s1. The number of thioether (sulfide) groups is 1. The zero-order valence-corrected chi connectivity index (χ0v) is 13.4. The molecule has 0 heterocycles. The summed E-state index contributed by atoms with van der Waals surface area (Å²) in [6.07, 6.45) is 2.08. The molecule has 0 fully saturated rings. The highest BCUT2D eigenvalue weighted by Crippen LogP contribution is 2.31. The van der Waals surface area contributed by atoms with Crippen LogP contribution in [0.3, 0.4) is 0 Å². The van der Waals surface area contributed by atoms with Crippen molar-refractivity contribution < 1.29 is 14.3 Å². The summed E-state index contributed by atoms with van der Waals surface area (Å²) in [5.74, 6) is 1.84.